The maximum atomic E-state index is 12.0. The Balaban J connectivity index is 1.56. The summed E-state index contributed by atoms with van der Waals surface area (Å²) in [6, 6.07) is 8.32. The summed E-state index contributed by atoms with van der Waals surface area (Å²) in [5.41, 5.74) is 2.28. The van der Waals surface area contributed by atoms with Gasteiger partial charge in [-0.05, 0) is 31.1 Å². The summed E-state index contributed by atoms with van der Waals surface area (Å²) in [6.07, 6.45) is 0. The van der Waals surface area contributed by atoms with Gasteiger partial charge in [-0.1, -0.05) is 37.6 Å². The first-order chi connectivity index (χ1) is 13.8. The number of carbonyl (C=O) groups is 1. The topological polar surface area (TPSA) is 58.3 Å². The van der Waals surface area contributed by atoms with Gasteiger partial charge in [0.15, 0.2) is 10.6 Å². The molecule has 0 atom stereocenters. The van der Waals surface area contributed by atoms with E-state index in [0.29, 0.717) is 19.1 Å². The summed E-state index contributed by atoms with van der Waals surface area (Å²) in [5.74, 6) is 1.48. The number of amides is 1. The van der Waals surface area contributed by atoms with E-state index in [0.717, 1.165) is 48.9 Å². The summed E-state index contributed by atoms with van der Waals surface area (Å²) in [4.78, 5) is 16.6. The van der Waals surface area contributed by atoms with Gasteiger partial charge >= 0.3 is 0 Å². The first kappa shape index (κ1) is 21.7. The minimum atomic E-state index is 0.113. The van der Waals surface area contributed by atoms with Crippen molar-refractivity contribution in [3.05, 3.63) is 34.6 Å². The maximum absolute atomic E-state index is 12.0. The highest BCUT2D eigenvalue weighted by molar-refractivity contribution is 7.71. The molecule has 7 nitrogen and oxygen atoms in total. The smallest absolute Gasteiger partial charge is 0.234 e. The third-order valence-corrected chi connectivity index (χ3v) is 5.68. The Labute approximate surface area is 178 Å². The maximum Gasteiger partial charge on any atom is 0.234 e. The molecule has 2 aromatic rings. The van der Waals surface area contributed by atoms with Crippen LogP contribution in [-0.4, -0.2) is 69.3 Å². The normalized spacial score (nSPS) is 15.8. The van der Waals surface area contributed by atoms with Crippen LogP contribution in [0.5, 0.6) is 0 Å². The number of rotatable bonds is 7. The lowest BCUT2D eigenvalue weighted by Gasteiger charge is -2.34. The first-order valence-corrected chi connectivity index (χ1v) is 10.7. The van der Waals surface area contributed by atoms with Crippen molar-refractivity contribution in [1.29, 1.82) is 0 Å². The summed E-state index contributed by atoms with van der Waals surface area (Å²) in [5, 5.41) is 7.77. The van der Waals surface area contributed by atoms with Crippen molar-refractivity contribution < 1.29 is 4.79 Å². The molecule has 0 spiro atoms. The van der Waals surface area contributed by atoms with Crippen LogP contribution in [0.3, 0.4) is 0 Å². The van der Waals surface area contributed by atoms with Crippen LogP contribution in [0.25, 0.3) is 11.4 Å². The van der Waals surface area contributed by atoms with Crippen molar-refractivity contribution in [3.63, 3.8) is 0 Å². The van der Waals surface area contributed by atoms with Gasteiger partial charge in [0.25, 0.3) is 0 Å². The molecule has 1 saturated heterocycles. The molecule has 1 aliphatic heterocycles. The zero-order valence-electron chi connectivity index (χ0n) is 17.9. The van der Waals surface area contributed by atoms with Crippen LogP contribution < -0.4 is 5.32 Å². The van der Waals surface area contributed by atoms with Crippen molar-refractivity contribution >= 4 is 18.1 Å². The number of nitrogens with one attached hydrogen (secondary N) is 1. The van der Waals surface area contributed by atoms with E-state index in [1.165, 1.54) is 5.56 Å². The monoisotopic (exact) mass is 416 g/mol. The molecule has 29 heavy (non-hydrogen) atoms. The van der Waals surface area contributed by atoms with Crippen LogP contribution in [0.4, 0.5) is 0 Å². The molecule has 8 heteroatoms. The summed E-state index contributed by atoms with van der Waals surface area (Å²) in [6.45, 7) is 11.7. The Morgan fingerprint density at radius 1 is 1.21 bits per heavy atom. The fraction of sp³-hybridized carbons (Fsp3) is 0.571. The molecule has 0 unspecified atom stereocenters. The summed E-state index contributed by atoms with van der Waals surface area (Å²) < 4.78 is 4.59. The number of carbonyl (C=O) groups excluding carboxylic acids is 1. The third-order valence-electron chi connectivity index (χ3n) is 5.19. The van der Waals surface area contributed by atoms with Gasteiger partial charge in [-0.2, -0.15) is 5.10 Å². The number of aryl methyl sites for hydroxylation is 1. The Hall–Kier alpha value is -2.03. The van der Waals surface area contributed by atoms with Gasteiger partial charge in [0.05, 0.1) is 13.2 Å². The molecule has 3 rings (SSSR count). The van der Waals surface area contributed by atoms with Crippen LogP contribution in [0.1, 0.15) is 19.4 Å². The molecule has 0 saturated carbocycles. The van der Waals surface area contributed by atoms with E-state index in [9.17, 15) is 4.79 Å². The summed E-state index contributed by atoms with van der Waals surface area (Å²) in [7, 11) is 1.97. The van der Waals surface area contributed by atoms with Crippen LogP contribution >= 0.6 is 12.2 Å². The molecule has 1 fully saturated rings. The Morgan fingerprint density at radius 3 is 2.55 bits per heavy atom. The van der Waals surface area contributed by atoms with Crippen molar-refractivity contribution in [3.8, 4) is 11.4 Å². The number of aromatic nitrogens is 3. The highest BCUT2D eigenvalue weighted by Gasteiger charge is 2.20. The SMILES string of the molecule is Cc1cccc(-c2nn(CN3CCN(CC(=O)NCC(C)C)CC3)c(=S)n2C)c1. The van der Waals surface area contributed by atoms with E-state index in [1.807, 2.05) is 22.4 Å². The summed E-state index contributed by atoms with van der Waals surface area (Å²) >= 11 is 5.62. The lowest BCUT2D eigenvalue weighted by Crippen LogP contribution is -2.50. The number of piperazine rings is 1. The van der Waals surface area contributed by atoms with E-state index >= 15 is 0 Å². The van der Waals surface area contributed by atoms with Crippen molar-refractivity contribution in [2.75, 3.05) is 39.3 Å². The second-order valence-corrected chi connectivity index (χ2v) is 8.63. The molecule has 1 aromatic carbocycles. The second kappa shape index (κ2) is 9.65. The number of benzene rings is 1. The fourth-order valence-corrected chi connectivity index (χ4v) is 3.66. The number of nitrogens with zero attached hydrogens (tertiary/aromatic N) is 5. The molecule has 1 amide bonds. The average Bonchev–Trinajstić information content (AvgIpc) is 2.96. The highest BCUT2D eigenvalue weighted by Crippen LogP contribution is 2.19. The van der Waals surface area contributed by atoms with E-state index < -0.39 is 0 Å². The minimum absolute atomic E-state index is 0.113. The molecule has 158 valence electrons. The van der Waals surface area contributed by atoms with E-state index in [4.69, 9.17) is 17.3 Å². The molecule has 0 aliphatic carbocycles. The lowest BCUT2D eigenvalue weighted by atomic mass is 10.1. The molecular weight excluding hydrogens is 384 g/mol. The fourth-order valence-electron chi connectivity index (χ4n) is 3.47. The van der Waals surface area contributed by atoms with Gasteiger partial charge in [0.1, 0.15) is 0 Å². The largest absolute Gasteiger partial charge is 0.355 e. The minimum Gasteiger partial charge on any atom is -0.355 e. The van der Waals surface area contributed by atoms with Crippen molar-refractivity contribution in [2.45, 2.75) is 27.4 Å². The molecule has 1 aliphatic rings. The molecule has 1 aromatic heterocycles. The standard InChI is InChI=1S/C21H32N6OS/c1-16(2)13-22-19(28)14-25-8-10-26(11-9-25)15-27-21(29)24(4)20(23-27)18-7-5-6-17(3)12-18/h5-7,12,16H,8-11,13-15H2,1-4H3,(H,22,28). The van der Waals surface area contributed by atoms with Gasteiger partial charge in [-0.15, -0.1) is 0 Å². The van der Waals surface area contributed by atoms with Crippen molar-refractivity contribution in [1.82, 2.24) is 29.5 Å². The molecule has 1 N–H and O–H groups in total. The lowest BCUT2D eigenvalue weighted by molar-refractivity contribution is -0.122. The molecule has 0 radical (unpaired) electrons. The Kier molecular flexibility index (Phi) is 7.21. The average molecular weight is 417 g/mol. The molecule has 0 bridgehead atoms. The predicted octanol–water partition coefficient (Wildman–Crippen LogP) is 2.27. The zero-order chi connectivity index (χ0) is 21.0. The Bertz CT molecular complexity index is 895. The van der Waals surface area contributed by atoms with Gasteiger partial charge < -0.3 is 9.88 Å². The predicted molar refractivity (Wildman–Crippen MR) is 118 cm³/mol. The van der Waals surface area contributed by atoms with Crippen molar-refractivity contribution in [2.24, 2.45) is 13.0 Å². The highest BCUT2D eigenvalue weighted by atomic mass is 32.1. The van der Waals surface area contributed by atoms with Crippen LogP contribution in [-0.2, 0) is 18.5 Å². The quantitative estimate of drug-likeness (QED) is 0.702. The van der Waals surface area contributed by atoms with Gasteiger partial charge in [-0.3, -0.25) is 14.6 Å². The van der Waals surface area contributed by atoms with Crippen LogP contribution in [0.2, 0.25) is 0 Å². The second-order valence-electron chi connectivity index (χ2n) is 8.27. The van der Waals surface area contributed by atoms with E-state index in [1.54, 1.807) is 0 Å². The van der Waals surface area contributed by atoms with E-state index in [-0.39, 0.29) is 5.91 Å². The first-order valence-electron chi connectivity index (χ1n) is 10.3. The zero-order valence-corrected chi connectivity index (χ0v) is 18.7. The van der Waals surface area contributed by atoms with Gasteiger partial charge in [0, 0.05) is 45.3 Å². The van der Waals surface area contributed by atoms with Crippen LogP contribution in [0, 0.1) is 17.6 Å². The molecule has 2 heterocycles. The molecular formula is C21H32N6OS. The van der Waals surface area contributed by atoms with Gasteiger partial charge in [0.2, 0.25) is 5.91 Å². The number of hydrogen-bond donors (Lipinski definition) is 1. The Morgan fingerprint density at radius 2 is 1.90 bits per heavy atom. The van der Waals surface area contributed by atoms with E-state index in [2.05, 4.69) is 54.1 Å². The van der Waals surface area contributed by atoms with Gasteiger partial charge in [-0.25, -0.2) is 4.68 Å². The number of hydrogen-bond acceptors (Lipinski definition) is 5. The van der Waals surface area contributed by atoms with Crippen LogP contribution in [0.15, 0.2) is 24.3 Å². The third kappa shape index (κ3) is 5.74.